The van der Waals surface area contributed by atoms with Crippen molar-refractivity contribution >= 4 is 0 Å². The van der Waals surface area contributed by atoms with Gasteiger partial charge in [0.15, 0.2) is 0 Å². The summed E-state index contributed by atoms with van der Waals surface area (Å²) in [4.78, 5) is 2.58. The molecule has 0 amide bonds. The van der Waals surface area contributed by atoms with Crippen molar-refractivity contribution in [1.82, 2.24) is 4.90 Å². The van der Waals surface area contributed by atoms with E-state index in [1.807, 2.05) is 0 Å². The molecule has 0 unspecified atom stereocenters. The Morgan fingerprint density at radius 1 is 1.18 bits per heavy atom. The van der Waals surface area contributed by atoms with Crippen molar-refractivity contribution in [3.05, 3.63) is 0 Å². The summed E-state index contributed by atoms with van der Waals surface area (Å²) in [6.07, 6.45) is 8.26. The fourth-order valence-corrected chi connectivity index (χ4v) is 3.35. The van der Waals surface area contributed by atoms with Gasteiger partial charge < -0.3 is 15.4 Å². The fourth-order valence-electron chi connectivity index (χ4n) is 3.35. The van der Waals surface area contributed by atoms with Crippen LogP contribution in [0.4, 0.5) is 0 Å². The Kier molecular flexibility index (Phi) is 5.26. The van der Waals surface area contributed by atoms with Crippen LogP contribution in [0.2, 0.25) is 0 Å². The van der Waals surface area contributed by atoms with E-state index in [-0.39, 0.29) is 0 Å². The van der Waals surface area contributed by atoms with E-state index < -0.39 is 0 Å². The van der Waals surface area contributed by atoms with Gasteiger partial charge in [-0.05, 0) is 45.1 Å². The minimum Gasteiger partial charge on any atom is -0.377 e. The molecule has 17 heavy (non-hydrogen) atoms. The Labute approximate surface area is 106 Å². The van der Waals surface area contributed by atoms with Gasteiger partial charge in [-0.3, -0.25) is 0 Å². The van der Waals surface area contributed by atoms with Gasteiger partial charge in [-0.1, -0.05) is 12.8 Å². The molecule has 0 aromatic heterocycles. The molecule has 0 spiro atoms. The van der Waals surface area contributed by atoms with Gasteiger partial charge >= 0.3 is 0 Å². The van der Waals surface area contributed by atoms with Gasteiger partial charge in [0.1, 0.15) is 0 Å². The van der Waals surface area contributed by atoms with Crippen LogP contribution in [0.3, 0.4) is 0 Å². The Morgan fingerprint density at radius 2 is 2.00 bits per heavy atom. The number of likely N-dealkylation sites (tertiary alicyclic amines) is 1. The number of hydrogen-bond acceptors (Lipinski definition) is 3. The molecule has 1 heterocycles. The minimum absolute atomic E-state index is 0.441. The second kappa shape index (κ2) is 6.72. The summed E-state index contributed by atoms with van der Waals surface area (Å²) in [5, 5.41) is 0. The van der Waals surface area contributed by atoms with Crippen molar-refractivity contribution in [2.24, 2.45) is 11.7 Å². The predicted octanol–water partition coefficient (Wildman–Crippen LogP) is 2.00. The average molecular weight is 240 g/mol. The third kappa shape index (κ3) is 3.94. The molecule has 0 bridgehead atoms. The molecule has 1 aliphatic carbocycles. The number of hydrogen-bond donors (Lipinski definition) is 1. The average Bonchev–Trinajstić information content (AvgIpc) is 2.33. The van der Waals surface area contributed by atoms with E-state index in [1.165, 1.54) is 51.6 Å². The molecule has 1 aliphatic heterocycles. The molecule has 1 saturated heterocycles. The minimum atomic E-state index is 0.441. The molecule has 2 N–H and O–H groups in total. The first-order chi connectivity index (χ1) is 8.29. The smallest absolute Gasteiger partial charge is 0.0702 e. The van der Waals surface area contributed by atoms with Crippen molar-refractivity contribution in [1.29, 1.82) is 0 Å². The fraction of sp³-hybridized carbons (Fsp3) is 1.00. The Balaban J connectivity index is 1.77. The highest BCUT2D eigenvalue weighted by molar-refractivity contribution is 4.83. The van der Waals surface area contributed by atoms with Gasteiger partial charge in [0.05, 0.1) is 6.10 Å². The van der Waals surface area contributed by atoms with Crippen LogP contribution in [-0.4, -0.2) is 43.3 Å². The lowest BCUT2D eigenvalue weighted by atomic mass is 9.84. The molecule has 2 fully saturated rings. The number of rotatable bonds is 4. The Morgan fingerprint density at radius 3 is 2.76 bits per heavy atom. The maximum atomic E-state index is 6.23. The van der Waals surface area contributed by atoms with E-state index in [0.29, 0.717) is 12.1 Å². The van der Waals surface area contributed by atoms with E-state index in [0.717, 1.165) is 19.1 Å². The van der Waals surface area contributed by atoms with E-state index in [9.17, 15) is 0 Å². The molecule has 3 heteroatoms. The van der Waals surface area contributed by atoms with Crippen LogP contribution in [0, 0.1) is 5.92 Å². The molecule has 1 saturated carbocycles. The maximum Gasteiger partial charge on any atom is 0.0702 e. The lowest BCUT2D eigenvalue weighted by molar-refractivity contribution is -0.000685. The summed E-state index contributed by atoms with van der Waals surface area (Å²) in [6, 6.07) is 0.441. The van der Waals surface area contributed by atoms with Crippen molar-refractivity contribution in [2.75, 3.05) is 26.2 Å². The Hall–Kier alpha value is -0.120. The van der Waals surface area contributed by atoms with Crippen LogP contribution in [0.15, 0.2) is 0 Å². The molecule has 3 nitrogen and oxygen atoms in total. The number of nitrogens with zero attached hydrogens (tertiary/aromatic N) is 1. The molecule has 100 valence electrons. The first-order valence-corrected chi connectivity index (χ1v) is 7.39. The first kappa shape index (κ1) is 13.3. The summed E-state index contributed by atoms with van der Waals surface area (Å²) in [5.74, 6) is 0.726. The molecule has 0 radical (unpaired) electrons. The topological polar surface area (TPSA) is 38.5 Å². The molecule has 2 aliphatic rings. The highest BCUT2D eigenvalue weighted by Gasteiger charge is 2.27. The molecular weight excluding hydrogens is 212 g/mol. The largest absolute Gasteiger partial charge is 0.377 e. The van der Waals surface area contributed by atoms with Crippen LogP contribution in [0.25, 0.3) is 0 Å². The normalized spacial score (nSPS) is 36.0. The predicted molar refractivity (Wildman–Crippen MR) is 71.0 cm³/mol. The Bertz CT molecular complexity index is 220. The maximum absolute atomic E-state index is 6.23. The van der Waals surface area contributed by atoms with Gasteiger partial charge in [-0.25, -0.2) is 0 Å². The molecule has 2 rings (SSSR count). The SMILES string of the molecule is CCO[C@@H]1CCCN(C[C@H]2CCCC[C@@H]2N)C1. The van der Waals surface area contributed by atoms with Gasteiger partial charge in [-0.2, -0.15) is 0 Å². The standard InChI is InChI=1S/C14H28N2O/c1-2-17-13-7-5-9-16(11-13)10-12-6-3-4-8-14(12)15/h12-14H,2-11,15H2,1H3/t12-,13-,14+/m1/s1. The van der Waals surface area contributed by atoms with Crippen molar-refractivity contribution < 1.29 is 4.74 Å². The number of ether oxygens (including phenoxy) is 1. The highest BCUT2D eigenvalue weighted by Crippen LogP contribution is 2.25. The monoisotopic (exact) mass is 240 g/mol. The summed E-state index contributed by atoms with van der Waals surface area (Å²) in [7, 11) is 0. The van der Waals surface area contributed by atoms with Crippen molar-refractivity contribution in [3.63, 3.8) is 0 Å². The summed E-state index contributed by atoms with van der Waals surface area (Å²) in [6.45, 7) is 6.51. The van der Waals surface area contributed by atoms with Gasteiger partial charge in [0, 0.05) is 25.7 Å². The highest BCUT2D eigenvalue weighted by atomic mass is 16.5. The molecule has 0 aromatic carbocycles. The van der Waals surface area contributed by atoms with Gasteiger partial charge in [0.2, 0.25) is 0 Å². The lowest BCUT2D eigenvalue weighted by Crippen LogP contribution is -2.46. The lowest BCUT2D eigenvalue weighted by Gasteiger charge is -2.37. The second-order valence-corrected chi connectivity index (χ2v) is 5.69. The molecule has 3 atom stereocenters. The number of piperidine rings is 1. The van der Waals surface area contributed by atoms with Crippen molar-refractivity contribution in [3.8, 4) is 0 Å². The van der Waals surface area contributed by atoms with Crippen LogP contribution in [0.1, 0.15) is 45.4 Å². The summed E-state index contributed by atoms with van der Waals surface area (Å²) >= 11 is 0. The zero-order valence-corrected chi connectivity index (χ0v) is 11.2. The third-order valence-electron chi connectivity index (χ3n) is 4.33. The van der Waals surface area contributed by atoms with E-state index in [1.54, 1.807) is 0 Å². The van der Waals surface area contributed by atoms with E-state index in [2.05, 4.69) is 11.8 Å². The van der Waals surface area contributed by atoms with Crippen LogP contribution in [0.5, 0.6) is 0 Å². The van der Waals surface area contributed by atoms with Crippen LogP contribution < -0.4 is 5.73 Å². The molecular formula is C14H28N2O. The third-order valence-corrected chi connectivity index (χ3v) is 4.33. The van der Waals surface area contributed by atoms with E-state index in [4.69, 9.17) is 10.5 Å². The second-order valence-electron chi connectivity index (χ2n) is 5.69. The quantitative estimate of drug-likeness (QED) is 0.817. The van der Waals surface area contributed by atoms with Crippen LogP contribution >= 0.6 is 0 Å². The first-order valence-electron chi connectivity index (χ1n) is 7.39. The van der Waals surface area contributed by atoms with Crippen LogP contribution in [-0.2, 0) is 4.74 Å². The summed E-state index contributed by atoms with van der Waals surface area (Å²) < 4.78 is 5.76. The van der Waals surface area contributed by atoms with Crippen molar-refractivity contribution in [2.45, 2.75) is 57.6 Å². The zero-order chi connectivity index (χ0) is 12.1. The van der Waals surface area contributed by atoms with Gasteiger partial charge in [-0.15, -0.1) is 0 Å². The zero-order valence-electron chi connectivity index (χ0n) is 11.2. The summed E-state index contributed by atoms with van der Waals surface area (Å²) in [5.41, 5.74) is 6.23. The van der Waals surface area contributed by atoms with Gasteiger partial charge in [0.25, 0.3) is 0 Å². The molecule has 0 aromatic rings. The number of nitrogens with two attached hydrogens (primary N) is 1. The van der Waals surface area contributed by atoms with E-state index >= 15 is 0 Å².